The Balaban J connectivity index is 2.39. The summed E-state index contributed by atoms with van der Waals surface area (Å²) >= 11 is 9.09. The summed E-state index contributed by atoms with van der Waals surface area (Å²) in [6.45, 7) is 1.18. The zero-order valence-corrected chi connectivity index (χ0v) is 15.0. The van der Waals surface area contributed by atoms with Gasteiger partial charge in [0.05, 0.1) is 21.8 Å². The molecule has 0 spiro atoms. The van der Waals surface area contributed by atoms with E-state index in [9.17, 15) is 22.8 Å². The number of carbonyl (C=O) groups excluding carboxylic acids is 2. The third-order valence-electron chi connectivity index (χ3n) is 3.07. The molecule has 2 aromatic rings. The molecule has 9 heteroatoms. The summed E-state index contributed by atoms with van der Waals surface area (Å²) in [6.07, 6.45) is -4.72. The van der Waals surface area contributed by atoms with Crippen LogP contribution in [0.25, 0.3) is 0 Å². The van der Waals surface area contributed by atoms with Crippen molar-refractivity contribution < 1.29 is 22.8 Å². The summed E-state index contributed by atoms with van der Waals surface area (Å²) in [5.74, 6) is -1.30. The number of hydrogen-bond acceptors (Lipinski definition) is 2. The molecule has 2 rings (SSSR count). The number of amides is 2. The molecule has 0 atom stereocenters. The van der Waals surface area contributed by atoms with E-state index in [-0.39, 0.29) is 16.3 Å². The molecule has 0 aliphatic heterocycles. The molecule has 0 radical (unpaired) electrons. The van der Waals surface area contributed by atoms with E-state index in [0.717, 1.165) is 12.1 Å². The number of hydrogen-bond donors (Lipinski definition) is 2. The highest BCUT2D eigenvalue weighted by Crippen LogP contribution is 2.37. The first-order chi connectivity index (χ1) is 11.6. The van der Waals surface area contributed by atoms with Crippen molar-refractivity contribution in [1.82, 2.24) is 0 Å². The molecule has 0 saturated carbocycles. The van der Waals surface area contributed by atoms with Gasteiger partial charge in [-0.1, -0.05) is 27.5 Å². The van der Waals surface area contributed by atoms with Gasteiger partial charge in [-0.3, -0.25) is 9.59 Å². The Morgan fingerprint density at radius 3 is 2.36 bits per heavy atom. The summed E-state index contributed by atoms with van der Waals surface area (Å²) in [4.78, 5) is 23.3. The largest absolute Gasteiger partial charge is 0.418 e. The van der Waals surface area contributed by atoms with Gasteiger partial charge in [0.15, 0.2) is 0 Å². The Labute approximate surface area is 154 Å². The summed E-state index contributed by atoms with van der Waals surface area (Å²) in [5.41, 5.74) is -1.53. The Hall–Kier alpha value is -2.06. The van der Waals surface area contributed by atoms with Crippen molar-refractivity contribution in [1.29, 1.82) is 0 Å². The minimum Gasteiger partial charge on any atom is -0.326 e. The summed E-state index contributed by atoms with van der Waals surface area (Å²) in [6, 6.07) is 7.52. The Morgan fingerprint density at radius 2 is 1.76 bits per heavy atom. The highest BCUT2D eigenvalue weighted by Gasteiger charge is 2.34. The van der Waals surface area contributed by atoms with Gasteiger partial charge in [0.1, 0.15) is 0 Å². The number of rotatable bonds is 3. The van der Waals surface area contributed by atoms with Crippen LogP contribution in [0.4, 0.5) is 24.5 Å². The van der Waals surface area contributed by atoms with E-state index in [4.69, 9.17) is 11.6 Å². The van der Waals surface area contributed by atoms with Gasteiger partial charge in [0.25, 0.3) is 5.91 Å². The van der Waals surface area contributed by atoms with Crippen LogP contribution in [-0.4, -0.2) is 11.8 Å². The standard InChI is InChI=1S/C16H11BrClF3N2O2/c1-8(24)22-10-3-5-14(12(7-10)16(19,20)21)23-15(25)11-6-9(17)2-4-13(11)18/h2-7H,1H3,(H,22,24)(H,23,25). The lowest BCUT2D eigenvalue weighted by Gasteiger charge is -2.16. The van der Waals surface area contributed by atoms with Crippen LogP contribution in [0.2, 0.25) is 5.02 Å². The van der Waals surface area contributed by atoms with Crippen LogP contribution in [-0.2, 0) is 11.0 Å². The number of halogens is 5. The predicted molar refractivity (Wildman–Crippen MR) is 92.9 cm³/mol. The fraction of sp³-hybridized carbons (Fsp3) is 0.125. The third-order valence-corrected chi connectivity index (χ3v) is 3.89. The van der Waals surface area contributed by atoms with Gasteiger partial charge < -0.3 is 10.6 Å². The highest BCUT2D eigenvalue weighted by atomic mass is 79.9. The zero-order chi connectivity index (χ0) is 18.8. The van der Waals surface area contributed by atoms with Gasteiger partial charge in [0.2, 0.25) is 5.91 Å². The van der Waals surface area contributed by atoms with Gasteiger partial charge in [-0.25, -0.2) is 0 Å². The first-order valence-corrected chi connectivity index (χ1v) is 8.00. The second-order valence-corrected chi connectivity index (χ2v) is 6.34. The predicted octanol–water partition coefficient (Wildman–Crippen LogP) is 5.33. The lowest BCUT2D eigenvalue weighted by Crippen LogP contribution is -2.18. The summed E-state index contributed by atoms with van der Waals surface area (Å²) in [7, 11) is 0. The summed E-state index contributed by atoms with van der Waals surface area (Å²) in [5, 5.41) is 4.57. The summed E-state index contributed by atoms with van der Waals surface area (Å²) < 4.78 is 40.3. The molecule has 0 aliphatic rings. The van der Waals surface area contributed by atoms with Crippen molar-refractivity contribution in [2.45, 2.75) is 13.1 Å². The number of benzene rings is 2. The lowest BCUT2D eigenvalue weighted by molar-refractivity contribution is -0.137. The zero-order valence-electron chi connectivity index (χ0n) is 12.7. The smallest absolute Gasteiger partial charge is 0.326 e. The van der Waals surface area contributed by atoms with Gasteiger partial charge in [-0.05, 0) is 36.4 Å². The van der Waals surface area contributed by atoms with E-state index in [0.29, 0.717) is 4.47 Å². The quantitative estimate of drug-likeness (QED) is 0.684. The first kappa shape index (κ1) is 19.3. The van der Waals surface area contributed by atoms with Gasteiger partial charge in [0, 0.05) is 17.1 Å². The van der Waals surface area contributed by atoms with Gasteiger partial charge in [-0.15, -0.1) is 0 Å². The normalized spacial score (nSPS) is 11.1. The third kappa shape index (κ3) is 4.96. The monoisotopic (exact) mass is 434 g/mol. The van der Waals surface area contributed by atoms with Crippen LogP contribution < -0.4 is 10.6 Å². The number of nitrogens with one attached hydrogen (secondary N) is 2. The van der Waals surface area contributed by atoms with Crippen molar-refractivity contribution >= 4 is 50.7 Å². The molecule has 0 fully saturated rings. The average Bonchev–Trinajstić information content (AvgIpc) is 2.49. The van der Waals surface area contributed by atoms with Crippen molar-refractivity contribution in [3.63, 3.8) is 0 Å². The van der Waals surface area contributed by atoms with E-state index in [1.165, 1.54) is 25.1 Å². The molecule has 4 nitrogen and oxygen atoms in total. The van der Waals surface area contributed by atoms with Crippen molar-refractivity contribution in [3.05, 3.63) is 57.0 Å². The molecule has 0 saturated heterocycles. The molecule has 2 N–H and O–H groups in total. The minimum absolute atomic E-state index is 0.0232. The molecule has 0 aliphatic carbocycles. The SMILES string of the molecule is CC(=O)Nc1ccc(NC(=O)c2cc(Br)ccc2Cl)c(C(F)(F)F)c1. The maximum Gasteiger partial charge on any atom is 0.418 e. The molecule has 0 heterocycles. The van der Waals surface area contributed by atoms with Crippen LogP contribution in [0, 0.1) is 0 Å². The van der Waals surface area contributed by atoms with E-state index in [2.05, 4.69) is 26.6 Å². The number of anilines is 2. The highest BCUT2D eigenvalue weighted by molar-refractivity contribution is 9.10. The van der Waals surface area contributed by atoms with E-state index < -0.39 is 29.2 Å². The Kier molecular flexibility index (Phi) is 5.74. The van der Waals surface area contributed by atoms with Crippen molar-refractivity contribution in [2.24, 2.45) is 0 Å². The number of alkyl halides is 3. The fourth-order valence-electron chi connectivity index (χ4n) is 2.03. The minimum atomic E-state index is -4.72. The lowest BCUT2D eigenvalue weighted by atomic mass is 10.1. The van der Waals surface area contributed by atoms with Gasteiger partial charge in [-0.2, -0.15) is 13.2 Å². The molecule has 0 aromatic heterocycles. The van der Waals surface area contributed by atoms with Crippen LogP contribution in [0.3, 0.4) is 0 Å². The number of carbonyl (C=O) groups is 2. The van der Waals surface area contributed by atoms with Gasteiger partial charge >= 0.3 is 6.18 Å². The Morgan fingerprint density at radius 1 is 1.08 bits per heavy atom. The molecule has 2 aromatic carbocycles. The van der Waals surface area contributed by atoms with Crippen LogP contribution in [0.5, 0.6) is 0 Å². The molecule has 0 unspecified atom stereocenters. The topological polar surface area (TPSA) is 58.2 Å². The maximum atomic E-state index is 13.3. The van der Waals surface area contributed by atoms with E-state index >= 15 is 0 Å². The molecule has 132 valence electrons. The first-order valence-electron chi connectivity index (χ1n) is 6.83. The molecule has 2 amide bonds. The van der Waals surface area contributed by atoms with Crippen LogP contribution in [0.15, 0.2) is 40.9 Å². The van der Waals surface area contributed by atoms with Crippen LogP contribution in [0.1, 0.15) is 22.8 Å². The van der Waals surface area contributed by atoms with E-state index in [1.54, 1.807) is 6.07 Å². The van der Waals surface area contributed by atoms with E-state index in [1.807, 2.05) is 0 Å². The Bertz CT molecular complexity index is 841. The second kappa shape index (κ2) is 7.45. The second-order valence-electron chi connectivity index (χ2n) is 5.02. The molecule has 25 heavy (non-hydrogen) atoms. The molecular formula is C16H11BrClF3N2O2. The van der Waals surface area contributed by atoms with Crippen molar-refractivity contribution in [3.8, 4) is 0 Å². The van der Waals surface area contributed by atoms with Crippen LogP contribution >= 0.6 is 27.5 Å². The molecule has 0 bridgehead atoms. The fourth-order valence-corrected chi connectivity index (χ4v) is 2.59. The molecular weight excluding hydrogens is 425 g/mol. The average molecular weight is 436 g/mol. The van der Waals surface area contributed by atoms with Crippen molar-refractivity contribution in [2.75, 3.05) is 10.6 Å². The maximum absolute atomic E-state index is 13.3.